The highest BCUT2D eigenvalue weighted by molar-refractivity contribution is 5.97. The van der Waals surface area contributed by atoms with Gasteiger partial charge in [0.25, 0.3) is 5.91 Å². The van der Waals surface area contributed by atoms with Crippen LogP contribution in [0.15, 0.2) is 24.3 Å². The van der Waals surface area contributed by atoms with Crippen LogP contribution in [0.1, 0.15) is 42.5 Å². The third kappa shape index (κ3) is 4.21. The molecular formula is C22H28N6O2. The zero-order chi connectivity index (χ0) is 22.1. The maximum Gasteiger partial charge on any atom is 0.272 e. The van der Waals surface area contributed by atoms with Crippen LogP contribution in [0.2, 0.25) is 0 Å². The first-order valence-corrected chi connectivity index (χ1v) is 9.96. The summed E-state index contributed by atoms with van der Waals surface area (Å²) in [5.41, 5.74) is 2.12. The van der Waals surface area contributed by atoms with Gasteiger partial charge in [0.05, 0.1) is 17.3 Å². The lowest BCUT2D eigenvalue weighted by atomic mass is 9.86. The number of rotatable bonds is 4. The molecule has 1 unspecified atom stereocenters. The van der Waals surface area contributed by atoms with Crippen LogP contribution in [-0.2, 0) is 17.9 Å². The molecule has 2 N–H and O–H groups in total. The molecule has 3 rings (SSSR count). The van der Waals surface area contributed by atoms with Crippen LogP contribution in [-0.4, -0.2) is 52.9 Å². The lowest BCUT2D eigenvalue weighted by molar-refractivity contribution is -0.124. The molecule has 1 aromatic carbocycles. The molecule has 30 heavy (non-hydrogen) atoms. The summed E-state index contributed by atoms with van der Waals surface area (Å²) in [6.07, 6.45) is 0. The Kier molecular flexibility index (Phi) is 5.94. The third-order valence-corrected chi connectivity index (χ3v) is 5.33. The number of hydrogen-bond donors (Lipinski definition) is 2. The minimum atomic E-state index is -0.688. The molecule has 1 aliphatic rings. The summed E-state index contributed by atoms with van der Waals surface area (Å²) in [4.78, 5) is 32.4. The standard InChI is InChI=1S/C22H28N6O2/c1-22(2,3)18(21(30)24-4)26-20(29)17-16-13-27(5)10-11-28(16)19(25-17)15-8-6-14(12-23)7-9-15/h6-9,18H,10-11,13H2,1-5H3,(H,24,30)(H,26,29). The summed E-state index contributed by atoms with van der Waals surface area (Å²) in [7, 11) is 3.56. The number of carbonyl (C=O) groups excluding carboxylic acids is 2. The van der Waals surface area contributed by atoms with Gasteiger partial charge in [-0.3, -0.25) is 14.5 Å². The number of nitrogens with zero attached hydrogens (tertiary/aromatic N) is 4. The number of hydrogen-bond acceptors (Lipinski definition) is 5. The van der Waals surface area contributed by atoms with Crippen molar-refractivity contribution in [1.82, 2.24) is 25.1 Å². The van der Waals surface area contributed by atoms with Crippen molar-refractivity contribution in [1.29, 1.82) is 5.26 Å². The van der Waals surface area contributed by atoms with E-state index in [1.54, 1.807) is 19.2 Å². The van der Waals surface area contributed by atoms with Crippen LogP contribution >= 0.6 is 0 Å². The molecule has 0 radical (unpaired) electrons. The Hall–Kier alpha value is -3.18. The molecule has 0 fully saturated rings. The molecule has 158 valence electrons. The van der Waals surface area contributed by atoms with E-state index in [4.69, 9.17) is 5.26 Å². The smallest absolute Gasteiger partial charge is 0.272 e. The number of nitrogens with one attached hydrogen (secondary N) is 2. The fourth-order valence-corrected chi connectivity index (χ4v) is 3.61. The van der Waals surface area contributed by atoms with Crippen LogP contribution in [0.25, 0.3) is 11.4 Å². The SMILES string of the molecule is CNC(=O)C(NC(=O)c1nc(-c2ccc(C#N)cc2)n2c1CN(C)CC2)C(C)(C)C. The quantitative estimate of drug-likeness (QED) is 0.802. The Morgan fingerprint density at radius 2 is 1.87 bits per heavy atom. The lowest BCUT2D eigenvalue weighted by Crippen LogP contribution is -2.53. The second kappa shape index (κ2) is 8.28. The minimum absolute atomic E-state index is 0.242. The zero-order valence-corrected chi connectivity index (χ0v) is 18.1. The summed E-state index contributed by atoms with van der Waals surface area (Å²) in [6.45, 7) is 7.87. The average Bonchev–Trinajstić information content (AvgIpc) is 3.09. The van der Waals surface area contributed by atoms with Gasteiger partial charge in [0.15, 0.2) is 5.69 Å². The maximum atomic E-state index is 13.2. The van der Waals surface area contributed by atoms with Crippen LogP contribution in [0.3, 0.4) is 0 Å². The summed E-state index contributed by atoms with van der Waals surface area (Å²) in [5, 5.41) is 14.6. The van der Waals surface area contributed by atoms with E-state index in [1.807, 2.05) is 40.0 Å². The van der Waals surface area contributed by atoms with E-state index < -0.39 is 11.5 Å². The van der Waals surface area contributed by atoms with Crippen molar-refractivity contribution in [3.63, 3.8) is 0 Å². The second-order valence-corrected chi connectivity index (χ2v) is 8.70. The highest BCUT2D eigenvalue weighted by Crippen LogP contribution is 2.27. The Bertz CT molecular complexity index is 994. The molecule has 0 bridgehead atoms. The predicted octanol–water partition coefficient (Wildman–Crippen LogP) is 1.76. The fraction of sp³-hybridized carbons (Fsp3) is 0.455. The van der Waals surface area contributed by atoms with Crippen molar-refractivity contribution < 1.29 is 9.59 Å². The summed E-state index contributed by atoms with van der Waals surface area (Å²) < 4.78 is 2.06. The molecule has 2 heterocycles. The molecule has 2 amide bonds. The number of likely N-dealkylation sites (N-methyl/N-ethyl adjacent to an activating group) is 2. The van der Waals surface area contributed by atoms with Gasteiger partial charge in [0.2, 0.25) is 5.91 Å². The predicted molar refractivity (Wildman–Crippen MR) is 113 cm³/mol. The Morgan fingerprint density at radius 1 is 1.20 bits per heavy atom. The molecule has 0 saturated carbocycles. The van der Waals surface area contributed by atoms with Gasteiger partial charge in [-0.25, -0.2) is 4.98 Å². The molecule has 1 aromatic heterocycles. The molecule has 8 nitrogen and oxygen atoms in total. The van der Waals surface area contributed by atoms with E-state index in [0.717, 1.165) is 17.8 Å². The highest BCUT2D eigenvalue weighted by Gasteiger charge is 2.34. The summed E-state index contributed by atoms with van der Waals surface area (Å²) in [6, 6.07) is 8.60. The van der Waals surface area contributed by atoms with Gasteiger partial charge in [-0.05, 0) is 36.7 Å². The largest absolute Gasteiger partial charge is 0.357 e. The molecule has 0 saturated heterocycles. The Labute approximate surface area is 176 Å². The van der Waals surface area contributed by atoms with E-state index >= 15 is 0 Å². The normalized spacial score (nSPS) is 15.1. The highest BCUT2D eigenvalue weighted by atomic mass is 16.2. The van der Waals surface area contributed by atoms with Gasteiger partial charge in [-0.15, -0.1) is 0 Å². The molecule has 0 aliphatic carbocycles. The third-order valence-electron chi connectivity index (χ3n) is 5.33. The number of aromatic nitrogens is 2. The van der Waals surface area contributed by atoms with Crippen molar-refractivity contribution >= 4 is 11.8 Å². The van der Waals surface area contributed by atoms with Crippen LogP contribution in [0, 0.1) is 16.7 Å². The van der Waals surface area contributed by atoms with E-state index in [9.17, 15) is 9.59 Å². The van der Waals surface area contributed by atoms with Gasteiger partial charge >= 0.3 is 0 Å². The lowest BCUT2D eigenvalue weighted by Gasteiger charge is -2.30. The van der Waals surface area contributed by atoms with Gasteiger partial charge in [0.1, 0.15) is 11.9 Å². The van der Waals surface area contributed by atoms with Crippen molar-refractivity contribution in [2.75, 3.05) is 20.6 Å². The Balaban J connectivity index is 2.02. The monoisotopic (exact) mass is 408 g/mol. The maximum absolute atomic E-state index is 13.2. The fourth-order valence-electron chi connectivity index (χ4n) is 3.61. The minimum Gasteiger partial charge on any atom is -0.357 e. The first-order chi connectivity index (χ1) is 14.2. The first kappa shape index (κ1) is 21.5. The zero-order valence-electron chi connectivity index (χ0n) is 18.1. The molecule has 2 aromatic rings. The second-order valence-electron chi connectivity index (χ2n) is 8.70. The van der Waals surface area contributed by atoms with E-state index in [0.29, 0.717) is 30.2 Å². The van der Waals surface area contributed by atoms with Crippen molar-refractivity contribution in [2.24, 2.45) is 5.41 Å². The van der Waals surface area contributed by atoms with Crippen molar-refractivity contribution in [3.8, 4) is 17.5 Å². The van der Waals surface area contributed by atoms with Crippen LogP contribution in [0.4, 0.5) is 0 Å². The number of imidazole rings is 1. The average molecular weight is 409 g/mol. The first-order valence-electron chi connectivity index (χ1n) is 9.96. The number of carbonyl (C=O) groups is 2. The number of benzene rings is 1. The number of fused-ring (bicyclic) bond motifs is 1. The van der Waals surface area contributed by atoms with E-state index in [1.165, 1.54) is 0 Å². The summed E-state index contributed by atoms with van der Waals surface area (Å²) in [5.74, 6) is 0.0887. The van der Waals surface area contributed by atoms with Gasteiger partial charge in [-0.2, -0.15) is 5.26 Å². The van der Waals surface area contributed by atoms with Crippen LogP contribution in [0.5, 0.6) is 0 Å². The van der Waals surface area contributed by atoms with Gasteiger partial charge in [-0.1, -0.05) is 20.8 Å². The van der Waals surface area contributed by atoms with E-state index in [2.05, 4.69) is 31.2 Å². The topological polar surface area (TPSA) is 103 Å². The molecule has 0 spiro atoms. The number of nitriles is 1. The van der Waals surface area contributed by atoms with Crippen molar-refractivity contribution in [2.45, 2.75) is 39.9 Å². The van der Waals surface area contributed by atoms with Gasteiger partial charge in [0, 0.05) is 32.2 Å². The number of amides is 2. The molecule has 1 aliphatic heterocycles. The molecular weight excluding hydrogens is 380 g/mol. The summed E-state index contributed by atoms with van der Waals surface area (Å²) >= 11 is 0. The van der Waals surface area contributed by atoms with Crippen LogP contribution < -0.4 is 10.6 Å². The Morgan fingerprint density at radius 3 is 2.43 bits per heavy atom. The van der Waals surface area contributed by atoms with Gasteiger partial charge < -0.3 is 15.2 Å². The molecule has 1 atom stereocenters. The molecule has 8 heteroatoms. The van der Waals surface area contributed by atoms with E-state index in [-0.39, 0.29) is 11.8 Å². The van der Waals surface area contributed by atoms with Crippen molar-refractivity contribution in [3.05, 3.63) is 41.2 Å².